The molecule has 118 valence electrons. The molecule has 0 atom stereocenters. The van der Waals surface area contributed by atoms with Crippen LogP contribution in [-0.2, 0) is 4.74 Å². The topological polar surface area (TPSA) is 128 Å². The summed E-state index contributed by atoms with van der Waals surface area (Å²) in [6.07, 6.45) is 1.36. The number of carbonyl (C=O) groups is 2. The Morgan fingerprint density at radius 3 is 2.57 bits per heavy atom. The number of esters is 1. The minimum atomic E-state index is -1.12. The number of carbonyl (C=O) groups excluding carboxylic acids is 1. The average Bonchev–Trinajstić information content (AvgIpc) is 2.89. The fraction of sp³-hybridized carbons (Fsp3) is 0.133. The fourth-order valence-electron chi connectivity index (χ4n) is 2.11. The molecule has 0 saturated carbocycles. The predicted octanol–water partition coefficient (Wildman–Crippen LogP) is 1.42. The second-order valence-electron chi connectivity index (χ2n) is 4.47. The van der Waals surface area contributed by atoms with Gasteiger partial charge in [0, 0.05) is 6.20 Å². The molecule has 8 heteroatoms. The molecule has 23 heavy (non-hydrogen) atoms. The Hall–Kier alpha value is -3.47. The van der Waals surface area contributed by atoms with E-state index in [9.17, 15) is 9.59 Å². The van der Waals surface area contributed by atoms with Crippen LogP contribution >= 0.6 is 0 Å². The molecule has 1 aromatic heterocycles. The molecule has 0 unspecified atom stereocenters. The highest BCUT2D eigenvalue weighted by atomic mass is 16.5. The van der Waals surface area contributed by atoms with Crippen LogP contribution in [-0.4, -0.2) is 35.8 Å². The number of nitriles is 1. The summed E-state index contributed by atoms with van der Waals surface area (Å²) in [5.74, 6) is -1.64. The molecule has 8 nitrogen and oxygen atoms in total. The molecule has 0 aliphatic carbocycles. The molecular weight excluding hydrogens is 302 g/mol. The summed E-state index contributed by atoms with van der Waals surface area (Å²) >= 11 is 0. The van der Waals surface area contributed by atoms with Gasteiger partial charge in [-0.3, -0.25) is 0 Å². The number of aromatic carboxylic acids is 1. The molecule has 1 heterocycles. The number of carboxylic acid groups (broad SMARTS) is 1. The summed E-state index contributed by atoms with van der Waals surface area (Å²) in [5, 5.41) is 18.1. The van der Waals surface area contributed by atoms with E-state index in [0.29, 0.717) is 5.69 Å². The van der Waals surface area contributed by atoms with Crippen LogP contribution in [0.4, 0.5) is 5.69 Å². The van der Waals surface area contributed by atoms with Gasteiger partial charge in [-0.2, -0.15) is 5.26 Å². The van der Waals surface area contributed by atoms with Gasteiger partial charge in [0.15, 0.2) is 5.69 Å². The number of rotatable bonds is 4. The molecule has 0 fully saturated rings. The number of methoxy groups -OCH3 is 2. The summed E-state index contributed by atoms with van der Waals surface area (Å²) in [7, 11) is 2.55. The Morgan fingerprint density at radius 2 is 2.04 bits per heavy atom. The molecule has 0 spiro atoms. The van der Waals surface area contributed by atoms with Crippen molar-refractivity contribution in [3.05, 3.63) is 41.2 Å². The van der Waals surface area contributed by atoms with Gasteiger partial charge in [0.1, 0.15) is 11.8 Å². The van der Waals surface area contributed by atoms with Gasteiger partial charge in [0.05, 0.1) is 36.7 Å². The molecule has 0 amide bonds. The van der Waals surface area contributed by atoms with Crippen LogP contribution in [0, 0.1) is 11.3 Å². The van der Waals surface area contributed by atoms with E-state index in [4.69, 9.17) is 20.8 Å². The van der Waals surface area contributed by atoms with Crippen LogP contribution in [0.25, 0.3) is 5.69 Å². The van der Waals surface area contributed by atoms with Crippen LogP contribution < -0.4 is 10.5 Å². The van der Waals surface area contributed by atoms with Gasteiger partial charge in [-0.1, -0.05) is 0 Å². The number of aromatic nitrogens is 1. The van der Waals surface area contributed by atoms with E-state index in [1.807, 2.05) is 6.07 Å². The lowest BCUT2D eigenvalue weighted by Crippen LogP contribution is -2.12. The highest BCUT2D eigenvalue weighted by Gasteiger charge is 2.23. The molecule has 0 aliphatic heterocycles. The zero-order valence-electron chi connectivity index (χ0n) is 12.4. The summed E-state index contributed by atoms with van der Waals surface area (Å²) < 4.78 is 11.2. The van der Waals surface area contributed by atoms with E-state index < -0.39 is 11.9 Å². The lowest BCUT2D eigenvalue weighted by Gasteiger charge is -2.13. The van der Waals surface area contributed by atoms with E-state index in [1.165, 1.54) is 43.2 Å². The van der Waals surface area contributed by atoms with Crippen molar-refractivity contribution in [2.45, 2.75) is 0 Å². The first-order valence-corrected chi connectivity index (χ1v) is 6.35. The number of ether oxygens (including phenoxy) is 2. The second-order valence-corrected chi connectivity index (χ2v) is 4.47. The standard InChI is InChI=1S/C15H13N3O5/c1-22-11-5-8(14(19)20)3-4-10(11)18-7-9(6-16)12(17)13(18)15(21)23-2/h3-5,7H,17H2,1-2H3,(H,19,20). The Labute approximate surface area is 131 Å². The number of benzene rings is 1. The number of hydrogen-bond acceptors (Lipinski definition) is 6. The maximum Gasteiger partial charge on any atom is 0.357 e. The smallest absolute Gasteiger partial charge is 0.357 e. The SMILES string of the molecule is COC(=O)c1c(N)c(C#N)cn1-c1ccc(C(=O)O)cc1OC. The van der Waals surface area contributed by atoms with Gasteiger partial charge in [-0.15, -0.1) is 0 Å². The van der Waals surface area contributed by atoms with Crippen molar-refractivity contribution >= 4 is 17.6 Å². The molecular formula is C15H13N3O5. The van der Waals surface area contributed by atoms with Crippen LogP contribution in [0.1, 0.15) is 26.4 Å². The van der Waals surface area contributed by atoms with Crippen LogP contribution in [0.3, 0.4) is 0 Å². The number of hydrogen-bond donors (Lipinski definition) is 2. The number of nitrogens with zero attached hydrogens (tertiary/aromatic N) is 2. The van der Waals surface area contributed by atoms with Gasteiger partial charge in [0.25, 0.3) is 0 Å². The lowest BCUT2D eigenvalue weighted by atomic mass is 10.2. The fourth-order valence-corrected chi connectivity index (χ4v) is 2.11. The Balaban J connectivity index is 2.74. The molecule has 3 N–H and O–H groups in total. The van der Waals surface area contributed by atoms with E-state index in [1.54, 1.807) is 0 Å². The first-order chi connectivity index (χ1) is 10.9. The van der Waals surface area contributed by atoms with Crippen molar-refractivity contribution in [1.29, 1.82) is 5.26 Å². The van der Waals surface area contributed by atoms with E-state index in [0.717, 1.165) is 0 Å². The maximum atomic E-state index is 12.0. The first kappa shape index (κ1) is 15.9. The molecule has 0 bridgehead atoms. The van der Waals surface area contributed by atoms with Crippen LogP contribution in [0.2, 0.25) is 0 Å². The molecule has 0 saturated heterocycles. The Kier molecular flexibility index (Phi) is 4.23. The summed E-state index contributed by atoms with van der Waals surface area (Å²) in [4.78, 5) is 23.0. The maximum absolute atomic E-state index is 12.0. The van der Waals surface area contributed by atoms with Gasteiger partial charge in [-0.05, 0) is 18.2 Å². The monoisotopic (exact) mass is 315 g/mol. The number of anilines is 1. The summed E-state index contributed by atoms with van der Waals surface area (Å²) in [6, 6.07) is 5.99. The minimum Gasteiger partial charge on any atom is -0.495 e. The second kappa shape index (κ2) is 6.11. The van der Waals surface area contributed by atoms with Crippen molar-refractivity contribution in [2.75, 3.05) is 20.0 Å². The van der Waals surface area contributed by atoms with E-state index in [2.05, 4.69) is 4.74 Å². The Morgan fingerprint density at radius 1 is 1.35 bits per heavy atom. The third kappa shape index (κ3) is 2.67. The zero-order valence-corrected chi connectivity index (χ0v) is 12.4. The summed E-state index contributed by atoms with van der Waals surface area (Å²) in [5.41, 5.74) is 6.22. The Bertz CT molecular complexity index is 832. The zero-order chi connectivity index (χ0) is 17.1. The summed E-state index contributed by atoms with van der Waals surface area (Å²) in [6.45, 7) is 0. The van der Waals surface area contributed by atoms with Gasteiger partial charge >= 0.3 is 11.9 Å². The van der Waals surface area contributed by atoms with Crippen molar-refractivity contribution in [1.82, 2.24) is 4.57 Å². The van der Waals surface area contributed by atoms with Crippen LogP contribution in [0.15, 0.2) is 24.4 Å². The van der Waals surface area contributed by atoms with Gasteiger partial charge in [-0.25, -0.2) is 9.59 Å². The third-order valence-electron chi connectivity index (χ3n) is 3.23. The lowest BCUT2D eigenvalue weighted by molar-refractivity contribution is 0.0592. The molecule has 0 aliphatic rings. The van der Waals surface area contributed by atoms with Gasteiger partial charge < -0.3 is 24.9 Å². The number of nitrogens with two attached hydrogens (primary N) is 1. The predicted molar refractivity (Wildman–Crippen MR) is 79.7 cm³/mol. The van der Waals surface area contributed by atoms with Crippen molar-refractivity contribution in [3.8, 4) is 17.5 Å². The number of nitrogen functional groups attached to an aromatic ring is 1. The molecule has 1 aromatic carbocycles. The minimum absolute atomic E-state index is 0.0193. The third-order valence-corrected chi connectivity index (χ3v) is 3.23. The first-order valence-electron chi connectivity index (χ1n) is 6.35. The highest BCUT2D eigenvalue weighted by Crippen LogP contribution is 2.30. The normalized spacial score (nSPS) is 9.96. The van der Waals surface area contributed by atoms with Crippen LogP contribution in [0.5, 0.6) is 5.75 Å². The van der Waals surface area contributed by atoms with Crippen molar-refractivity contribution in [2.24, 2.45) is 0 Å². The van der Waals surface area contributed by atoms with Crippen molar-refractivity contribution < 1.29 is 24.2 Å². The number of carboxylic acids is 1. The van der Waals surface area contributed by atoms with E-state index >= 15 is 0 Å². The highest BCUT2D eigenvalue weighted by molar-refractivity contribution is 5.96. The quantitative estimate of drug-likeness (QED) is 0.816. The molecule has 2 rings (SSSR count). The van der Waals surface area contributed by atoms with Crippen molar-refractivity contribution in [3.63, 3.8) is 0 Å². The molecule has 0 radical (unpaired) electrons. The molecule has 2 aromatic rings. The van der Waals surface area contributed by atoms with E-state index in [-0.39, 0.29) is 28.3 Å². The largest absolute Gasteiger partial charge is 0.495 e. The van der Waals surface area contributed by atoms with Gasteiger partial charge in [0.2, 0.25) is 0 Å². The average molecular weight is 315 g/mol.